The standard InChI is InChI=1S/C21H12F5N3O2S/c1-31-17-8-10(22)2-4-13(17)21-29(20(30)18-14(25)6-12(24)7-15(18)26)28-19(32-21)16-5-3-11(23)9-27-16/h2-9,21H,1H3. The van der Waals surface area contributed by atoms with E-state index in [1.165, 1.54) is 19.2 Å². The van der Waals surface area contributed by atoms with Crippen molar-refractivity contribution in [3.63, 3.8) is 0 Å². The van der Waals surface area contributed by atoms with E-state index in [-0.39, 0.29) is 22.1 Å². The maximum Gasteiger partial charge on any atom is 0.281 e. The lowest BCUT2D eigenvalue weighted by Crippen LogP contribution is -2.28. The molecule has 1 aromatic heterocycles. The first-order valence-electron chi connectivity index (χ1n) is 8.97. The van der Waals surface area contributed by atoms with Gasteiger partial charge in [-0.1, -0.05) is 11.8 Å². The second-order valence-corrected chi connectivity index (χ2v) is 7.59. The van der Waals surface area contributed by atoms with E-state index in [1.54, 1.807) is 0 Å². The lowest BCUT2D eigenvalue weighted by Gasteiger charge is -2.23. The van der Waals surface area contributed by atoms with Crippen molar-refractivity contribution in [3.05, 3.63) is 94.6 Å². The second-order valence-electron chi connectivity index (χ2n) is 6.52. The van der Waals surface area contributed by atoms with E-state index in [0.717, 1.165) is 41.2 Å². The number of benzene rings is 2. The van der Waals surface area contributed by atoms with Gasteiger partial charge in [0.25, 0.3) is 5.91 Å². The Balaban J connectivity index is 1.82. The zero-order valence-electron chi connectivity index (χ0n) is 16.2. The van der Waals surface area contributed by atoms with E-state index in [2.05, 4.69) is 10.1 Å². The summed E-state index contributed by atoms with van der Waals surface area (Å²) in [6.07, 6.45) is 0.940. The minimum absolute atomic E-state index is 0.0591. The zero-order valence-corrected chi connectivity index (χ0v) is 17.0. The molecule has 2 aromatic carbocycles. The molecule has 0 aliphatic carbocycles. The lowest BCUT2D eigenvalue weighted by molar-refractivity contribution is 0.0738. The number of carbonyl (C=O) groups excluding carboxylic acids is 1. The average Bonchev–Trinajstić information content (AvgIpc) is 3.18. The summed E-state index contributed by atoms with van der Waals surface area (Å²) >= 11 is 0.953. The van der Waals surface area contributed by atoms with Crippen LogP contribution in [0.3, 0.4) is 0 Å². The van der Waals surface area contributed by atoms with Crippen LogP contribution in [0.25, 0.3) is 0 Å². The molecule has 0 saturated heterocycles. The summed E-state index contributed by atoms with van der Waals surface area (Å²) in [5.74, 6) is -6.37. The molecule has 0 N–H and O–H groups in total. The first kappa shape index (κ1) is 21.8. The summed E-state index contributed by atoms with van der Waals surface area (Å²) in [5.41, 5.74) is -0.552. The first-order valence-corrected chi connectivity index (χ1v) is 9.85. The van der Waals surface area contributed by atoms with Gasteiger partial charge in [-0.25, -0.2) is 27.0 Å². The molecule has 0 spiro atoms. The highest BCUT2D eigenvalue weighted by molar-refractivity contribution is 8.14. The number of hydrazone groups is 1. The van der Waals surface area contributed by atoms with Crippen LogP contribution in [0.2, 0.25) is 0 Å². The molecule has 164 valence electrons. The van der Waals surface area contributed by atoms with Gasteiger partial charge in [0.05, 0.1) is 19.0 Å². The quantitative estimate of drug-likeness (QED) is 0.507. The molecule has 32 heavy (non-hydrogen) atoms. The SMILES string of the molecule is COc1cc(F)ccc1C1SC(c2ccc(F)cn2)=NN1C(=O)c1c(F)cc(F)cc1F. The highest BCUT2D eigenvalue weighted by atomic mass is 32.2. The number of aromatic nitrogens is 1. The summed E-state index contributed by atoms with van der Waals surface area (Å²) in [4.78, 5) is 17.0. The van der Waals surface area contributed by atoms with Crippen LogP contribution in [-0.2, 0) is 0 Å². The molecule has 1 aliphatic heterocycles. The number of rotatable bonds is 4. The highest BCUT2D eigenvalue weighted by Gasteiger charge is 2.38. The molecule has 4 rings (SSSR count). The third-order valence-electron chi connectivity index (χ3n) is 4.48. The number of hydrogen-bond acceptors (Lipinski definition) is 5. The van der Waals surface area contributed by atoms with Crippen molar-refractivity contribution in [1.82, 2.24) is 9.99 Å². The van der Waals surface area contributed by atoms with Crippen molar-refractivity contribution in [1.29, 1.82) is 0 Å². The van der Waals surface area contributed by atoms with Crippen molar-refractivity contribution >= 4 is 22.7 Å². The third kappa shape index (κ3) is 4.03. The average molecular weight is 465 g/mol. The molecule has 0 fully saturated rings. The lowest BCUT2D eigenvalue weighted by atomic mass is 10.1. The molecule has 1 atom stereocenters. The Hall–Kier alpha value is -3.47. The number of hydrogen-bond donors (Lipinski definition) is 0. The zero-order chi connectivity index (χ0) is 23.0. The van der Waals surface area contributed by atoms with Gasteiger partial charge in [-0.05, 0) is 24.3 Å². The van der Waals surface area contributed by atoms with Gasteiger partial charge in [0.15, 0.2) is 0 Å². The topological polar surface area (TPSA) is 54.8 Å². The fourth-order valence-corrected chi connectivity index (χ4v) is 4.19. The number of thioether (sulfide) groups is 1. The number of pyridine rings is 1. The van der Waals surface area contributed by atoms with E-state index < -0.39 is 45.9 Å². The van der Waals surface area contributed by atoms with E-state index >= 15 is 0 Å². The number of carbonyl (C=O) groups is 1. The predicted molar refractivity (Wildman–Crippen MR) is 107 cm³/mol. The minimum Gasteiger partial charge on any atom is -0.496 e. The number of halogens is 5. The highest BCUT2D eigenvalue weighted by Crippen LogP contribution is 2.45. The van der Waals surface area contributed by atoms with E-state index in [0.29, 0.717) is 12.1 Å². The molecule has 0 saturated carbocycles. The second kappa shape index (κ2) is 8.58. The van der Waals surface area contributed by atoms with E-state index in [1.807, 2.05) is 0 Å². The van der Waals surface area contributed by atoms with Crippen molar-refractivity contribution in [2.75, 3.05) is 7.11 Å². The van der Waals surface area contributed by atoms with Crippen molar-refractivity contribution in [3.8, 4) is 5.75 Å². The summed E-state index contributed by atoms with van der Waals surface area (Å²) in [5, 5.41) is 3.99. The molecular weight excluding hydrogens is 453 g/mol. The van der Waals surface area contributed by atoms with Gasteiger partial charge in [0.1, 0.15) is 50.8 Å². The van der Waals surface area contributed by atoms with Crippen molar-refractivity contribution < 1.29 is 31.5 Å². The summed E-state index contributed by atoms with van der Waals surface area (Å²) in [6.45, 7) is 0. The molecule has 1 amide bonds. The van der Waals surface area contributed by atoms with Gasteiger partial charge in [0, 0.05) is 23.8 Å². The van der Waals surface area contributed by atoms with Crippen molar-refractivity contribution in [2.45, 2.75) is 5.37 Å². The number of nitrogens with zero attached hydrogens (tertiary/aromatic N) is 3. The number of amides is 1. The van der Waals surface area contributed by atoms with Crippen LogP contribution in [-0.4, -0.2) is 28.1 Å². The fourth-order valence-electron chi connectivity index (χ4n) is 3.04. The molecular formula is C21H12F5N3O2S. The molecule has 5 nitrogen and oxygen atoms in total. The molecule has 1 unspecified atom stereocenters. The number of ether oxygens (including phenoxy) is 1. The van der Waals surface area contributed by atoms with Crippen LogP contribution in [0.5, 0.6) is 5.75 Å². The van der Waals surface area contributed by atoms with Gasteiger partial charge in [0.2, 0.25) is 0 Å². The van der Waals surface area contributed by atoms with Gasteiger partial charge in [-0.2, -0.15) is 5.10 Å². The molecule has 0 bridgehead atoms. The minimum atomic E-state index is -1.41. The van der Waals surface area contributed by atoms with Crippen LogP contribution >= 0.6 is 11.8 Å². The van der Waals surface area contributed by atoms with Crippen LogP contribution in [0.4, 0.5) is 22.0 Å². The summed E-state index contributed by atoms with van der Waals surface area (Å²) in [7, 11) is 1.28. The largest absolute Gasteiger partial charge is 0.496 e. The normalized spacial score (nSPS) is 15.6. The van der Waals surface area contributed by atoms with Gasteiger partial charge in [-0.15, -0.1) is 0 Å². The Labute approximate surface area is 182 Å². The molecule has 11 heteroatoms. The fraction of sp³-hybridized carbons (Fsp3) is 0.0952. The Morgan fingerprint density at radius 3 is 2.28 bits per heavy atom. The maximum atomic E-state index is 14.3. The molecule has 2 heterocycles. The monoisotopic (exact) mass is 465 g/mol. The Bertz CT molecular complexity index is 1210. The summed E-state index contributed by atoms with van der Waals surface area (Å²) in [6, 6.07) is 6.72. The molecule has 0 radical (unpaired) electrons. The predicted octanol–water partition coefficient (Wildman–Crippen LogP) is 5.04. The van der Waals surface area contributed by atoms with Crippen LogP contribution < -0.4 is 4.74 Å². The van der Waals surface area contributed by atoms with Crippen molar-refractivity contribution in [2.24, 2.45) is 5.10 Å². The Morgan fingerprint density at radius 1 is 0.969 bits per heavy atom. The van der Waals surface area contributed by atoms with E-state index in [9.17, 15) is 26.7 Å². The van der Waals surface area contributed by atoms with Crippen LogP contribution in [0.1, 0.15) is 27.0 Å². The van der Waals surface area contributed by atoms with E-state index in [4.69, 9.17) is 4.74 Å². The summed E-state index contributed by atoms with van der Waals surface area (Å²) < 4.78 is 74.0. The molecule has 3 aromatic rings. The Morgan fingerprint density at radius 2 is 1.66 bits per heavy atom. The Kier molecular flexibility index (Phi) is 5.83. The maximum absolute atomic E-state index is 14.3. The molecule has 1 aliphatic rings. The van der Waals surface area contributed by atoms with Gasteiger partial charge < -0.3 is 4.74 Å². The third-order valence-corrected chi connectivity index (χ3v) is 5.67. The van der Waals surface area contributed by atoms with Gasteiger partial charge >= 0.3 is 0 Å². The van der Waals surface area contributed by atoms with Gasteiger partial charge in [-0.3, -0.25) is 9.78 Å². The first-order chi connectivity index (χ1) is 15.3. The van der Waals surface area contributed by atoms with Crippen LogP contribution in [0.15, 0.2) is 53.8 Å². The number of methoxy groups -OCH3 is 1. The smallest absolute Gasteiger partial charge is 0.281 e. The van der Waals surface area contributed by atoms with Crippen LogP contribution in [0, 0.1) is 29.1 Å².